The van der Waals surface area contributed by atoms with E-state index in [1.807, 2.05) is 6.07 Å². The number of unbranched alkanes of at least 4 members (excludes halogenated alkanes) is 1. The Bertz CT molecular complexity index is 364. The van der Waals surface area contributed by atoms with E-state index in [0.717, 1.165) is 29.3 Å². The van der Waals surface area contributed by atoms with Crippen molar-refractivity contribution in [2.75, 3.05) is 6.54 Å². The number of phenolic OH excluding ortho intramolecular Hbond substituents is 1. The maximum Gasteiger partial charge on any atom is 0.134 e. The van der Waals surface area contributed by atoms with Crippen molar-refractivity contribution < 1.29 is 5.11 Å². The summed E-state index contributed by atoms with van der Waals surface area (Å²) in [4.78, 5) is 0. The van der Waals surface area contributed by atoms with Gasteiger partial charge in [0.2, 0.25) is 0 Å². The molecule has 0 aliphatic carbocycles. The molecule has 0 aliphatic heterocycles. The van der Waals surface area contributed by atoms with Crippen molar-refractivity contribution >= 4 is 44.3 Å². The fourth-order valence-electron chi connectivity index (χ4n) is 1.53. The first-order chi connectivity index (χ1) is 7.56. The minimum absolute atomic E-state index is 0. The van der Waals surface area contributed by atoms with Gasteiger partial charge in [0, 0.05) is 16.1 Å². The number of benzene rings is 1. The summed E-state index contributed by atoms with van der Waals surface area (Å²) in [7, 11) is 0. The van der Waals surface area contributed by atoms with Gasteiger partial charge in [0.15, 0.2) is 0 Å². The molecule has 0 saturated carbocycles. The Labute approximate surface area is 125 Å². The van der Waals surface area contributed by atoms with Crippen molar-refractivity contribution in [1.82, 2.24) is 0 Å². The van der Waals surface area contributed by atoms with E-state index < -0.39 is 0 Å². The van der Waals surface area contributed by atoms with Crippen LogP contribution >= 0.6 is 44.3 Å². The molecule has 0 saturated heterocycles. The van der Waals surface area contributed by atoms with Gasteiger partial charge in [-0.3, -0.25) is 0 Å². The fourth-order valence-corrected chi connectivity index (χ4v) is 2.79. The molecule has 0 radical (unpaired) electrons. The first-order valence-corrected chi connectivity index (χ1v) is 6.78. The Morgan fingerprint density at radius 2 is 1.88 bits per heavy atom. The minimum atomic E-state index is -0.152. The molecule has 0 aromatic heterocycles. The Hall–Kier alpha value is 0.190. The summed E-state index contributed by atoms with van der Waals surface area (Å²) >= 11 is 6.67. The molecule has 6 heteroatoms. The molecule has 0 unspecified atom stereocenters. The zero-order chi connectivity index (χ0) is 12.1. The van der Waals surface area contributed by atoms with Gasteiger partial charge in [-0.15, -0.1) is 12.4 Å². The zero-order valence-corrected chi connectivity index (χ0v) is 13.3. The van der Waals surface area contributed by atoms with Crippen molar-refractivity contribution in [3.05, 3.63) is 26.6 Å². The van der Waals surface area contributed by atoms with Gasteiger partial charge >= 0.3 is 0 Å². The predicted molar refractivity (Wildman–Crippen MR) is 80.6 cm³/mol. The standard InChI is InChI=1S/C11H16Br2N2O.ClH/c12-7-5-8(11(16)9(13)6-7)10(15)3-1-2-4-14;/h5-6,10,16H,1-4,14-15H2;1H/t10-;/m1./s1. The lowest BCUT2D eigenvalue weighted by Crippen LogP contribution is -2.11. The van der Waals surface area contributed by atoms with Gasteiger partial charge in [0.05, 0.1) is 4.47 Å². The third kappa shape index (κ3) is 5.14. The molecule has 3 nitrogen and oxygen atoms in total. The van der Waals surface area contributed by atoms with Gasteiger partial charge in [-0.2, -0.15) is 0 Å². The highest BCUT2D eigenvalue weighted by atomic mass is 79.9. The third-order valence-electron chi connectivity index (χ3n) is 2.43. The Morgan fingerprint density at radius 3 is 2.47 bits per heavy atom. The molecule has 98 valence electrons. The quantitative estimate of drug-likeness (QED) is 0.677. The summed E-state index contributed by atoms with van der Waals surface area (Å²) in [5.41, 5.74) is 12.2. The Kier molecular flexibility index (Phi) is 8.41. The van der Waals surface area contributed by atoms with Gasteiger partial charge in [0.1, 0.15) is 5.75 Å². The van der Waals surface area contributed by atoms with E-state index in [0.29, 0.717) is 11.0 Å². The summed E-state index contributed by atoms with van der Waals surface area (Å²) in [6.07, 6.45) is 2.76. The van der Waals surface area contributed by atoms with Gasteiger partial charge in [-0.25, -0.2) is 0 Å². The van der Waals surface area contributed by atoms with Crippen LogP contribution in [0.2, 0.25) is 0 Å². The van der Waals surface area contributed by atoms with Crippen LogP contribution in [0.5, 0.6) is 5.75 Å². The highest BCUT2D eigenvalue weighted by molar-refractivity contribution is 9.11. The van der Waals surface area contributed by atoms with Gasteiger partial charge in [-0.05, 0) is 47.4 Å². The lowest BCUT2D eigenvalue weighted by atomic mass is 10.0. The maximum atomic E-state index is 9.88. The summed E-state index contributed by atoms with van der Waals surface area (Å²) < 4.78 is 1.56. The summed E-state index contributed by atoms with van der Waals surface area (Å²) in [6, 6.07) is 3.50. The first kappa shape index (κ1) is 17.2. The molecule has 1 aromatic carbocycles. The highest BCUT2D eigenvalue weighted by Gasteiger charge is 2.14. The number of phenols is 1. The minimum Gasteiger partial charge on any atom is -0.506 e. The van der Waals surface area contributed by atoms with Gasteiger partial charge in [-0.1, -0.05) is 22.4 Å². The van der Waals surface area contributed by atoms with E-state index in [9.17, 15) is 5.11 Å². The van der Waals surface area contributed by atoms with Crippen LogP contribution in [-0.4, -0.2) is 11.7 Å². The molecular formula is C11H17Br2ClN2O. The molecule has 0 heterocycles. The van der Waals surface area contributed by atoms with Crippen molar-refractivity contribution in [1.29, 1.82) is 0 Å². The van der Waals surface area contributed by atoms with E-state index in [1.165, 1.54) is 0 Å². The molecular weight excluding hydrogens is 371 g/mol. The Balaban J connectivity index is 0.00000256. The van der Waals surface area contributed by atoms with E-state index in [1.54, 1.807) is 6.07 Å². The lowest BCUT2D eigenvalue weighted by molar-refractivity contribution is 0.452. The Morgan fingerprint density at radius 1 is 1.24 bits per heavy atom. The smallest absolute Gasteiger partial charge is 0.134 e. The predicted octanol–water partition coefficient (Wildman–Crippen LogP) is 3.47. The van der Waals surface area contributed by atoms with E-state index in [4.69, 9.17) is 11.5 Å². The fraction of sp³-hybridized carbons (Fsp3) is 0.455. The molecule has 1 aromatic rings. The first-order valence-electron chi connectivity index (χ1n) is 5.19. The number of aromatic hydroxyl groups is 1. The second-order valence-corrected chi connectivity index (χ2v) is 5.49. The van der Waals surface area contributed by atoms with Crippen LogP contribution < -0.4 is 11.5 Å². The lowest BCUT2D eigenvalue weighted by Gasteiger charge is -2.15. The number of halogens is 3. The van der Waals surface area contributed by atoms with Crippen LogP contribution in [0.15, 0.2) is 21.1 Å². The third-order valence-corrected chi connectivity index (χ3v) is 3.49. The van der Waals surface area contributed by atoms with Crippen LogP contribution in [0.25, 0.3) is 0 Å². The number of hydrogen-bond donors (Lipinski definition) is 3. The summed E-state index contributed by atoms with van der Waals surface area (Å²) in [6.45, 7) is 0.681. The van der Waals surface area contributed by atoms with Crippen molar-refractivity contribution in [3.8, 4) is 5.75 Å². The number of rotatable bonds is 5. The number of hydrogen-bond acceptors (Lipinski definition) is 3. The van der Waals surface area contributed by atoms with Crippen LogP contribution in [0, 0.1) is 0 Å². The number of nitrogens with two attached hydrogens (primary N) is 2. The van der Waals surface area contributed by atoms with Gasteiger partial charge < -0.3 is 16.6 Å². The highest BCUT2D eigenvalue weighted by Crippen LogP contribution is 2.35. The molecule has 1 rings (SSSR count). The summed E-state index contributed by atoms with van der Waals surface area (Å²) in [5, 5.41) is 9.88. The van der Waals surface area contributed by atoms with Crippen LogP contribution in [0.3, 0.4) is 0 Å². The second kappa shape index (κ2) is 8.32. The van der Waals surface area contributed by atoms with Crippen LogP contribution in [-0.2, 0) is 0 Å². The van der Waals surface area contributed by atoms with Crippen molar-refractivity contribution in [2.45, 2.75) is 25.3 Å². The second-order valence-electron chi connectivity index (χ2n) is 3.72. The normalized spacial score (nSPS) is 12.0. The molecule has 0 amide bonds. The van der Waals surface area contributed by atoms with E-state index >= 15 is 0 Å². The van der Waals surface area contributed by atoms with Gasteiger partial charge in [0.25, 0.3) is 0 Å². The van der Waals surface area contributed by atoms with E-state index in [-0.39, 0.29) is 24.2 Å². The van der Waals surface area contributed by atoms with Crippen molar-refractivity contribution in [3.63, 3.8) is 0 Å². The van der Waals surface area contributed by atoms with E-state index in [2.05, 4.69) is 31.9 Å². The monoisotopic (exact) mass is 386 g/mol. The zero-order valence-electron chi connectivity index (χ0n) is 9.33. The molecule has 1 atom stereocenters. The molecule has 0 fully saturated rings. The average molecular weight is 389 g/mol. The molecule has 17 heavy (non-hydrogen) atoms. The summed E-state index contributed by atoms with van der Waals surface area (Å²) in [5.74, 6) is 0.225. The maximum absolute atomic E-state index is 9.88. The molecule has 0 aliphatic rings. The SMILES string of the molecule is Cl.NCCCC[C@@H](N)c1cc(Br)cc(Br)c1O. The average Bonchev–Trinajstić information content (AvgIpc) is 2.23. The molecule has 0 spiro atoms. The molecule has 0 bridgehead atoms. The van der Waals surface area contributed by atoms with Crippen LogP contribution in [0.4, 0.5) is 0 Å². The largest absolute Gasteiger partial charge is 0.506 e. The van der Waals surface area contributed by atoms with Crippen LogP contribution in [0.1, 0.15) is 30.9 Å². The van der Waals surface area contributed by atoms with Crippen molar-refractivity contribution in [2.24, 2.45) is 11.5 Å². The topological polar surface area (TPSA) is 72.3 Å². The molecule has 5 N–H and O–H groups in total.